The zero-order valence-corrected chi connectivity index (χ0v) is 11.4. The standard InChI is InChI=1S/C15H16N2O3/c1-17(12-6-5-9-16-10-12)15(18)11-20-14-8-4-3-7-13(14)19-2/h3-10H,11H2,1-2H3. The summed E-state index contributed by atoms with van der Waals surface area (Å²) in [5, 5.41) is 0. The van der Waals surface area contributed by atoms with Crippen molar-refractivity contribution >= 4 is 11.6 Å². The largest absolute Gasteiger partial charge is 0.493 e. The monoisotopic (exact) mass is 272 g/mol. The molecule has 5 heteroatoms. The maximum absolute atomic E-state index is 12.0. The SMILES string of the molecule is COc1ccccc1OCC(=O)N(C)c1cccnc1. The summed E-state index contributed by atoms with van der Waals surface area (Å²) < 4.78 is 10.7. The third-order valence-corrected chi connectivity index (χ3v) is 2.83. The average molecular weight is 272 g/mol. The molecule has 0 bridgehead atoms. The first-order valence-electron chi connectivity index (χ1n) is 6.15. The number of methoxy groups -OCH3 is 1. The van der Waals surface area contributed by atoms with Gasteiger partial charge in [-0.05, 0) is 24.3 Å². The molecule has 0 unspecified atom stereocenters. The Morgan fingerprint density at radius 3 is 2.60 bits per heavy atom. The highest BCUT2D eigenvalue weighted by atomic mass is 16.5. The van der Waals surface area contributed by atoms with Crippen LogP contribution in [0, 0.1) is 0 Å². The molecule has 0 spiro atoms. The Labute approximate surface area is 117 Å². The Kier molecular flexibility index (Phi) is 4.55. The van der Waals surface area contributed by atoms with Crippen LogP contribution in [0.4, 0.5) is 5.69 Å². The second kappa shape index (κ2) is 6.56. The normalized spacial score (nSPS) is 9.90. The highest BCUT2D eigenvalue weighted by Crippen LogP contribution is 2.25. The van der Waals surface area contributed by atoms with Gasteiger partial charge in [0.15, 0.2) is 18.1 Å². The molecule has 0 saturated heterocycles. The lowest BCUT2D eigenvalue weighted by Gasteiger charge is -2.17. The molecule has 0 atom stereocenters. The van der Waals surface area contributed by atoms with E-state index < -0.39 is 0 Å². The number of hydrogen-bond acceptors (Lipinski definition) is 4. The van der Waals surface area contributed by atoms with Crippen LogP contribution in [0.25, 0.3) is 0 Å². The van der Waals surface area contributed by atoms with Crippen LogP contribution in [0.15, 0.2) is 48.8 Å². The van der Waals surface area contributed by atoms with Crippen LogP contribution in [0.1, 0.15) is 0 Å². The minimum Gasteiger partial charge on any atom is -0.493 e. The summed E-state index contributed by atoms with van der Waals surface area (Å²) in [5.41, 5.74) is 0.723. The quantitative estimate of drug-likeness (QED) is 0.836. The van der Waals surface area contributed by atoms with Crippen molar-refractivity contribution in [1.82, 2.24) is 4.98 Å². The maximum atomic E-state index is 12.0. The molecule has 0 aliphatic heterocycles. The van der Waals surface area contributed by atoms with E-state index in [0.717, 1.165) is 5.69 Å². The molecule has 0 N–H and O–H groups in total. The van der Waals surface area contributed by atoms with Crippen LogP contribution in [-0.4, -0.2) is 31.7 Å². The Hall–Kier alpha value is -2.56. The van der Waals surface area contributed by atoms with Gasteiger partial charge in [-0.2, -0.15) is 0 Å². The molecule has 2 rings (SSSR count). The molecule has 0 aliphatic rings. The summed E-state index contributed by atoms with van der Waals surface area (Å²) >= 11 is 0. The molecule has 1 amide bonds. The number of likely N-dealkylation sites (N-methyl/N-ethyl adjacent to an activating group) is 1. The van der Waals surface area contributed by atoms with Crippen molar-refractivity contribution in [1.29, 1.82) is 0 Å². The number of amides is 1. The molecule has 0 saturated carbocycles. The number of hydrogen-bond donors (Lipinski definition) is 0. The predicted octanol–water partition coefficient (Wildman–Crippen LogP) is 2.13. The van der Waals surface area contributed by atoms with E-state index in [9.17, 15) is 4.79 Å². The van der Waals surface area contributed by atoms with Crippen LogP contribution < -0.4 is 14.4 Å². The van der Waals surface area contributed by atoms with E-state index in [-0.39, 0.29) is 12.5 Å². The smallest absolute Gasteiger partial charge is 0.264 e. The van der Waals surface area contributed by atoms with Crippen molar-refractivity contribution in [2.75, 3.05) is 25.7 Å². The summed E-state index contributed by atoms with van der Waals surface area (Å²) in [7, 11) is 3.25. The van der Waals surface area contributed by atoms with E-state index in [2.05, 4.69) is 4.98 Å². The van der Waals surface area contributed by atoms with Crippen LogP contribution in [0.5, 0.6) is 11.5 Å². The number of para-hydroxylation sites is 2. The second-order valence-corrected chi connectivity index (χ2v) is 4.10. The maximum Gasteiger partial charge on any atom is 0.264 e. The third kappa shape index (κ3) is 3.26. The van der Waals surface area contributed by atoms with Gasteiger partial charge in [0.1, 0.15) is 0 Å². The average Bonchev–Trinajstić information content (AvgIpc) is 2.53. The van der Waals surface area contributed by atoms with E-state index in [0.29, 0.717) is 11.5 Å². The number of aromatic nitrogens is 1. The number of rotatable bonds is 5. The number of carbonyl (C=O) groups excluding carboxylic acids is 1. The van der Waals surface area contributed by atoms with E-state index >= 15 is 0 Å². The highest BCUT2D eigenvalue weighted by molar-refractivity contribution is 5.93. The zero-order chi connectivity index (χ0) is 14.4. The van der Waals surface area contributed by atoms with E-state index in [1.54, 1.807) is 44.8 Å². The molecule has 104 valence electrons. The fourth-order valence-electron chi connectivity index (χ4n) is 1.67. The van der Waals surface area contributed by atoms with Gasteiger partial charge in [0.05, 0.1) is 19.0 Å². The number of anilines is 1. The second-order valence-electron chi connectivity index (χ2n) is 4.10. The molecule has 2 aromatic rings. The van der Waals surface area contributed by atoms with Gasteiger partial charge in [-0.1, -0.05) is 12.1 Å². The van der Waals surface area contributed by atoms with Gasteiger partial charge in [0, 0.05) is 13.2 Å². The molecule has 1 heterocycles. The first-order valence-corrected chi connectivity index (χ1v) is 6.15. The molecule has 0 radical (unpaired) electrons. The van der Waals surface area contributed by atoms with E-state index in [1.807, 2.05) is 18.2 Å². The first-order chi connectivity index (χ1) is 9.72. The van der Waals surface area contributed by atoms with Crippen LogP contribution >= 0.6 is 0 Å². The molecular weight excluding hydrogens is 256 g/mol. The van der Waals surface area contributed by atoms with Gasteiger partial charge in [-0.15, -0.1) is 0 Å². The molecule has 5 nitrogen and oxygen atoms in total. The Morgan fingerprint density at radius 1 is 1.20 bits per heavy atom. The zero-order valence-electron chi connectivity index (χ0n) is 11.4. The van der Waals surface area contributed by atoms with Crippen LogP contribution in [0.3, 0.4) is 0 Å². The van der Waals surface area contributed by atoms with Crippen molar-refractivity contribution in [3.63, 3.8) is 0 Å². The summed E-state index contributed by atoms with van der Waals surface area (Å²) in [4.78, 5) is 17.5. The van der Waals surface area contributed by atoms with Crippen molar-refractivity contribution < 1.29 is 14.3 Å². The van der Waals surface area contributed by atoms with Crippen LogP contribution in [0.2, 0.25) is 0 Å². The van der Waals surface area contributed by atoms with Gasteiger partial charge in [0.25, 0.3) is 5.91 Å². The van der Waals surface area contributed by atoms with Crippen molar-refractivity contribution in [3.8, 4) is 11.5 Å². The minimum atomic E-state index is -0.163. The van der Waals surface area contributed by atoms with Gasteiger partial charge in [0.2, 0.25) is 0 Å². The Morgan fingerprint density at radius 2 is 1.95 bits per heavy atom. The minimum absolute atomic E-state index is 0.0637. The molecule has 1 aromatic heterocycles. The van der Waals surface area contributed by atoms with Crippen molar-refractivity contribution in [2.45, 2.75) is 0 Å². The first kappa shape index (κ1) is 13.9. The predicted molar refractivity (Wildman–Crippen MR) is 76.1 cm³/mol. The fraction of sp³-hybridized carbons (Fsp3) is 0.200. The summed E-state index contributed by atoms with van der Waals surface area (Å²) in [6.07, 6.45) is 3.29. The molecular formula is C15H16N2O3. The summed E-state index contributed by atoms with van der Waals surface area (Å²) in [6, 6.07) is 10.8. The topological polar surface area (TPSA) is 51.7 Å². The van der Waals surface area contributed by atoms with Gasteiger partial charge in [-0.25, -0.2) is 0 Å². The van der Waals surface area contributed by atoms with Gasteiger partial charge in [-0.3, -0.25) is 9.78 Å². The molecule has 0 fully saturated rings. The van der Waals surface area contributed by atoms with Crippen molar-refractivity contribution in [2.24, 2.45) is 0 Å². The lowest BCUT2D eigenvalue weighted by molar-refractivity contribution is -0.120. The number of benzene rings is 1. The number of pyridine rings is 1. The van der Waals surface area contributed by atoms with Gasteiger partial charge >= 0.3 is 0 Å². The summed E-state index contributed by atoms with van der Waals surface area (Å²) in [5.74, 6) is 0.983. The van der Waals surface area contributed by atoms with Crippen LogP contribution in [-0.2, 0) is 4.79 Å². The van der Waals surface area contributed by atoms with Crippen molar-refractivity contribution in [3.05, 3.63) is 48.8 Å². The molecule has 0 aliphatic carbocycles. The Bertz CT molecular complexity index is 572. The molecule has 1 aromatic carbocycles. The van der Waals surface area contributed by atoms with E-state index in [4.69, 9.17) is 9.47 Å². The lowest BCUT2D eigenvalue weighted by atomic mass is 10.3. The fourth-order valence-corrected chi connectivity index (χ4v) is 1.67. The third-order valence-electron chi connectivity index (χ3n) is 2.83. The lowest BCUT2D eigenvalue weighted by Crippen LogP contribution is -2.31. The number of carbonyl (C=O) groups is 1. The number of nitrogens with zero attached hydrogens (tertiary/aromatic N) is 2. The van der Waals surface area contributed by atoms with Gasteiger partial charge < -0.3 is 14.4 Å². The summed E-state index contributed by atoms with van der Waals surface area (Å²) in [6.45, 7) is -0.0637. The Balaban J connectivity index is 1.99. The highest BCUT2D eigenvalue weighted by Gasteiger charge is 2.12. The number of ether oxygens (including phenoxy) is 2. The van der Waals surface area contributed by atoms with E-state index in [1.165, 1.54) is 4.90 Å². The molecule has 20 heavy (non-hydrogen) atoms.